The Hall–Kier alpha value is -3.79. The van der Waals surface area contributed by atoms with E-state index in [0.717, 1.165) is 5.56 Å². The van der Waals surface area contributed by atoms with Crippen molar-refractivity contribution < 1.29 is 27.4 Å². The number of carbonyl (C=O) groups is 1. The highest BCUT2D eigenvalue weighted by molar-refractivity contribution is 7.90. The quantitative estimate of drug-likeness (QED) is 0.530. The Bertz CT molecular complexity index is 1330. The molecular weight excluding hydrogens is 446 g/mol. The molecule has 9 nitrogen and oxygen atoms in total. The van der Waals surface area contributed by atoms with Gasteiger partial charge in [0.25, 0.3) is 0 Å². The van der Waals surface area contributed by atoms with Crippen molar-refractivity contribution in [1.29, 1.82) is 0 Å². The third-order valence-corrected chi connectivity index (χ3v) is 6.62. The number of benzene rings is 2. The van der Waals surface area contributed by atoms with Crippen molar-refractivity contribution in [2.75, 3.05) is 26.6 Å². The summed E-state index contributed by atoms with van der Waals surface area (Å²) in [5.41, 5.74) is 2.34. The molecule has 33 heavy (non-hydrogen) atoms. The molecule has 0 atom stereocenters. The zero-order chi connectivity index (χ0) is 23.6. The number of ether oxygens (including phenoxy) is 3. The minimum Gasteiger partial charge on any atom is -0.497 e. The zero-order valence-corrected chi connectivity index (χ0v) is 19.2. The number of amides is 1. The molecule has 0 saturated carbocycles. The van der Waals surface area contributed by atoms with Crippen molar-refractivity contribution in [2.45, 2.75) is 11.5 Å². The number of hydrogen-bond donors (Lipinski definition) is 1. The molecule has 0 spiro atoms. The Labute approximate surface area is 191 Å². The van der Waals surface area contributed by atoms with Crippen LogP contribution in [0.5, 0.6) is 17.2 Å². The molecular formula is C23H23N3O6S. The maximum Gasteiger partial charge on any atom is 0.249 e. The molecule has 0 saturated heterocycles. The fraction of sp³-hybridized carbons (Fsp3) is 0.217. The summed E-state index contributed by atoms with van der Waals surface area (Å²) in [6, 6.07) is 12.4. The van der Waals surface area contributed by atoms with E-state index in [9.17, 15) is 13.2 Å². The molecule has 0 radical (unpaired) electrons. The topological polar surface area (TPSA) is 109 Å². The predicted octanol–water partition coefficient (Wildman–Crippen LogP) is 2.98. The zero-order valence-electron chi connectivity index (χ0n) is 18.4. The third-order valence-electron chi connectivity index (χ3n) is 5.18. The second-order valence-corrected chi connectivity index (χ2v) is 9.42. The second kappa shape index (κ2) is 8.99. The van der Waals surface area contributed by atoms with E-state index in [0.29, 0.717) is 40.0 Å². The monoisotopic (exact) mass is 469 g/mol. The third kappa shape index (κ3) is 4.70. The largest absolute Gasteiger partial charge is 0.497 e. The van der Waals surface area contributed by atoms with E-state index in [1.165, 1.54) is 13.2 Å². The van der Waals surface area contributed by atoms with Gasteiger partial charge in [0.05, 0.1) is 44.2 Å². The molecule has 1 N–H and O–H groups in total. The van der Waals surface area contributed by atoms with Crippen molar-refractivity contribution in [3.05, 3.63) is 65.4 Å². The second-order valence-electron chi connectivity index (χ2n) is 7.35. The SMILES string of the molecule is COc1ccc(-n2nc3c(c2NC(=O)/C=C\c2ccc(OC)c(OC)c2)CS(=O)(=O)C3)cc1. The van der Waals surface area contributed by atoms with Crippen LogP contribution in [-0.2, 0) is 26.1 Å². The number of anilines is 1. The molecule has 0 fully saturated rings. The van der Waals surface area contributed by atoms with E-state index in [1.807, 2.05) is 0 Å². The lowest BCUT2D eigenvalue weighted by atomic mass is 10.2. The highest BCUT2D eigenvalue weighted by atomic mass is 32.2. The molecule has 2 heterocycles. The number of nitrogens with one attached hydrogen (secondary N) is 1. The minimum atomic E-state index is -3.29. The lowest BCUT2D eigenvalue weighted by Gasteiger charge is -2.11. The van der Waals surface area contributed by atoms with Gasteiger partial charge in [0.2, 0.25) is 5.91 Å². The van der Waals surface area contributed by atoms with Gasteiger partial charge >= 0.3 is 0 Å². The Morgan fingerprint density at radius 3 is 2.39 bits per heavy atom. The van der Waals surface area contributed by atoms with Crippen LogP contribution in [0.15, 0.2) is 48.5 Å². The molecule has 0 unspecified atom stereocenters. The fourth-order valence-corrected chi connectivity index (χ4v) is 5.06. The average Bonchev–Trinajstić information content (AvgIpc) is 3.29. The average molecular weight is 470 g/mol. The fourth-order valence-electron chi connectivity index (χ4n) is 3.57. The van der Waals surface area contributed by atoms with Gasteiger partial charge in [0, 0.05) is 11.6 Å². The lowest BCUT2D eigenvalue weighted by Crippen LogP contribution is -2.14. The van der Waals surface area contributed by atoms with E-state index >= 15 is 0 Å². The Morgan fingerprint density at radius 2 is 1.73 bits per heavy atom. The van der Waals surface area contributed by atoms with E-state index in [2.05, 4.69) is 10.4 Å². The summed E-state index contributed by atoms with van der Waals surface area (Å²) >= 11 is 0. The molecule has 3 aromatic rings. The number of carbonyl (C=O) groups excluding carboxylic acids is 1. The first kappa shape index (κ1) is 22.4. The van der Waals surface area contributed by atoms with Gasteiger partial charge in [-0.25, -0.2) is 13.1 Å². The summed E-state index contributed by atoms with van der Waals surface area (Å²) in [6.45, 7) is 0. The van der Waals surface area contributed by atoms with Gasteiger partial charge in [-0.2, -0.15) is 5.10 Å². The summed E-state index contributed by atoms with van der Waals surface area (Å²) in [5, 5.41) is 7.25. The molecule has 1 aliphatic heterocycles. The summed E-state index contributed by atoms with van der Waals surface area (Å²) in [5.74, 6) is 1.37. The van der Waals surface area contributed by atoms with Crippen LogP contribution in [0.2, 0.25) is 0 Å². The molecule has 1 amide bonds. The van der Waals surface area contributed by atoms with E-state index in [4.69, 9.17) is 14.2 Å². The van der Waals surface area contributed by atoms with Crippen LogP contribution in [0, 0.1) is 0 Å². The van der Waals surface area contributed by atoms with Crippen LogP contribution in [0.1, 0.15) is 16.8 Å². The first-order chi connectivity index (χ1) is 15.8. The summed E-state index contributed by atoms with van der Waals surface area (Å²) in [7, 11) is 1.36. The Kier molecular flexibility index (Phi) is 6.10. The smallest absolute Gasteiger partial charge is 0.249 e. The molecule has 1 aliphatic rings. The van der Waals surface area contributed by atoms with Gasteiger partial charge in [-0.15, -0.1) is 0 Å². The number of rotatable bonds is 7. The van der Waals surface area contributed by atoms with Crippen molar-refractivity contribution in [3.63, 3.8) is 0 Å². The molecule has 0 bridgehead atoms. The van der Waals surface area contributed by atoms with Crippen LogP contribution >= 0.6 is 0 Å². The summed E-state index contributed by atoms with van der Waals surface area (Å²) in [6.07, 6.45) is 2.99. The van der Waals surface area contributed by atoms with Crippen LogP contribution in [-0.4, -0.2) is 45.4 Å². The van der Waals surface area contributed by atoms with Gasteiger partial charge in [-0.3, -0.25) is 4.79 Å². The molecule has 4 rings (SSSR count). The van der Waals surface area contributed by atoms with Crippen LogP contribution in [0.4, 0.5) is 5.82 Å². The summed E-state index contributed by atoms with van der Waals surface area (Å²) < 4.78 is 41.5. The maximum atomic E-state index is 12.7. The van der Waals surface area contributed by atoms with Gasteiger partial charge in [-0.1, -0.05) is 6.07 Å². The Balaban J connectivity index is 1.62. The highest BCUT2D eigenvalue weighted by Crippen LogP contribution is 2.33. The van der Waals surface area contributed by atoms with Crippen LogP contribution in [0.25, 0.3) is 11.8 Å². The number of hydrogen-bond acceptors (Lipinski definition) is 7. The van der Waals surface area contributed by atoms with Gasteiger partial charge in [-0.05, 0) is 48.0 Å². The first-order valence-corrected chi connectivity index (χ1v) is 11.8. The van der Waals surface area contributed by atoms with E-state index in [1.54, 1.807) is 67.4 Å². The number of nitrogens with zero attached hydrogens (tertiary/aromatic N) is 2. The van der Waals surface area contributed by atoms with E-state index < -0.39 is 15.7 Å². The number of fused-ring (bicyclic) bond motifs is 1. The van der Waals surface area contributed by atoms with Gasteiger partial charge in [0.15, 0.2) is 21.3 Å². The predicted molar refractivity (Wildman–Crippen MR) is 124 cm³/mol. The number of aromatic nitrogens is 2. The molecule has 0 aliphatic carbocycles. The maximum absolute atomic E-state index is 12.7. The normalized spacial score (nSPS) is 14.2. The number of methoxy groups -OCH3 is 3. The number of sulfone groups is 1. The van der Waals surface area contributed by atoms with Crippen molar-refractivity contribution in [1.82, 2.24) is 9.78 Å². The van der Waals surface area contributed by atoms with Crippen LogP contribution in [0.3, 0.4) is 0 Å². The van der Waals surface area contributed by atoms with Crippen molar-refractivity contribution >= 4 is 27.6 Å². The van der Waals surface area contributed by atoms with Crippen LogP contribution < -0.4 is 19.5 Å². The van der Waals surface area contributed by atoms with Crippen molar-refractivity contribution in [3.8, 4) is 22.9 Å². The van der Waals surface area contributed by atoms with Gasteiger partial charge < -0.3 is 19.5 Å². The molecule has 172 valence electrons. The Morgan fingerprint density at radius 1 is 1.00 bits per heavy atom. The standard InChI is InChI=1S/C23H23N3O6S/c1-30-17-8-6-16(7-9-17)26-23(18-13-33(28,29)14-19(18)25-26)24-22(27)11-5-15-4-10-20(31-2)21(12-15)32-3/h4-12H,13-14H2,1-3H3,(H,24,27)/b11-5-. The minimum absolute atomic E-state index is 0.157. The molecule has 2 aromatic carbocycles. The molecule has 10 heteroatoms. The first-order valence-electron chi connectivity index (χ1n) is 10.00. The highest BCUT2D eigenvalue weighted by Gasteiger charge is 2.33. The molecule has 1 aromatic heterocycles. The lowest BCUT2D eigenvalue weighted by molar-refractivity contribution is -0.111. The van der Waals surface area contributed by atoms with E-state index in [-0.39, 0.29) is 11.5 Å². The summed E-state index contributed by atoms with van der Waals surface area (Å²) in [4.78, 5) is 12.7. The van der Waals surface area contributed by atoms with Gasteiger partial charge in [0.1, 0.15) is 11.6 Å². The van der Waals surface area contributed by atoms with Crippen molar-refractivity contribution in [2.24, 2.45) is 0 Å².